The molecule has 0 spiro atoms. The van der Waals surface area contributed by atoms with Crippen molar-refractivity contribution in [2.75, 3.05) is 0 Å². The number of hydrogen-bond acceptors (Lipinski definition) is 6. The maximum Gasteiger partial charge on any atom is 0.180 e. The number of aromatic nitrogens is 6. The normalized spacial score (nSPS) is 13.7. The summed E-state index contributed by atoms with van der Waals surface area (Å²) in [5.74, 6) is 1.56. The van der Waals surface area contributed by atoms with Crippen LogP contribution in [0.2, 0.25) is 0 Å². The summed E-state index contributed by atoms with van der Waals surface area (Å²) in [6, 6.07) is 10.4. The summed E-state index contributed by atoms with van der Waals surface area (Å²) in [7, 11) is 0. The van der Waals surface area contributed by atoms with Gasteiger partial charge in [0.1, 0.15) is 17.3 Å². The molecule has 0 unspecified atom stereocenters. The van der Waals surface area contributed by atoms with E-state index in [-0.39, 0.29) is 12.4 Å². The predicted octanol–water partition coefficient (Wildman–Crippen LogP) is 4.61. The Kier molecular flexibility index (Phi) is 4.09. The highest BCUT2D eigenvalue weighted by atomic mass is 19.1. The van der Waals surface area contributed by atoms with Gasteiger partial charge < -0.3 is 4.52 Å². The molecule has 1 aromatic carbocycles. The Morgan fingerprint density at radius 1 is 1.00 bits per heavy atom. The lowest BCUT2D eigenvalue weighted by atomic mass is 10.1. The summed E-state index contributed by atoms with van der Waals surface area (Å²) in [6.07, 6.45) is 9.19. The maximum atomic E-state index is 14.2. The van der Waals surface area contributed by atoms with Crippen LogP contribution in [-0.2, 0) is 6.54 Å². The zero-order valence-corrected chi connectivity index (χ0v) is 16.4. The van der Waals surface area contributed by atoms with Gasteiger partial charge in [0.05, 0.1) is 18.1 Å². The molecule has 0 radical (unpaired) electrons. The Bertz CT molecular complexity index is 1390. The van der Waals surface area contributed by atoms with Crippen LogP contribution in [0.25, 0.3) is 33.7 Å². The number of hydrogen-bond donors (Lipinski definition) is 0. The topological polar surface area (TPSA) is 82.5 Å². The van der Waals surface area contributed by atoms with Crippen molar-refractivity contribution in [3.05, 3.63) is 78.3 Å². The fourth-order valence-electron chi connectivity index (χ4n) is 3.77. The van der Waals surface area contributed by atoms with Crippen molar-refractivity contribution < 1.29 is 8.91 Å². The number of nitrogens with zero attached hydrogens (tertiary/aromatic N) is 6. The zero-order valence-electron chi connectivity index (χ0n) is 16.4. The third-order valence-corrected chi connectivity index (χ3v) is 5.51. The fourth-order valence-corrected chi connectivity index (χ4v) is 3.77. The van der Waals surface area contributed by atoms with Gasteiger partial charge in [0.2, 0.25) is 0 Å². The van der Waals surface area contributed by atoms with E-state index in [2.05, 4.69) is 25.2 Å². The van der Waals surface area contributed by atoms with Gasteiger partial charge in [-0.2, -0.15) is 5.10 Å². The van der Waals surface area contributed by atoms with Gasteiger partial charge in [-0.1, -0.05) is 23.4 Å². The van der Waals surface area contributed by atoms with Crippen LogP contribution in [0.3, 0.4) is 0 Å². The number of rotatable bonds is 5. The highest BCUT2D eigenvalue weighted by Crippen LogP contribution is 2.44. The van der Waals surface area contributed by atoms with E-state index in [0.717, 1.165) is 35.1 Å². The highest BCUT2D eigenvalue weighted by Gasteiger charge is 2.30. The Morgan fingerprint density at radius 2 is 1.84 bits per heavy atom. The van der Waals surface area contributed by atoms with Crippen molar-refractivity contribution in [1.82, 2.24) is 29.9 Å². The van der Waals surface area contributed by atoms with Gasteiger partial charge in [-0.25, -0.2) is 24.0 Å². The first-order valence-corrected chi connectivity index (χ1v) is 10.1. The Morgan fingerprint density at radius 3 is 2.65 bits per heavy atom. The Labute approximate surface area is 176 Å². The molecule has 1 aliphatic rings. The molecule has 31 heavy (non-hydrogen) atoms. The number of fused-ring (bicyclic) bond motifs is 1. The second-order valence-corrected chi connectivity index (χ2v) is 7.65. The van der Waals surface area contributed by atoms with E-state index in [1.807, 2.05) is 12.1 Å². The summed E-state index contributed by atoms with van der Waals surface area (Å²) in [6.45, 7) is 0.268. The van der Waals surface area contributed by atoms with E-state index in [1.165, 1.54) is 6.07 Å². The van der Waals surface area contributed by atoms with Crippen LogP contribution in [0.4, 0.5) is 4.39 Å². The monoisotopic (exact) mass is 412 g/mol. The lowest BCUT2D eigenvalue weighted by molar-refractivity contribution is 0.385. The molecule has 6 rings (SSSR count). The quantitative estimate of drug-likeness (QED) is 0.419. The lowest BCUT2D eigenvalue weighted by Gasteiger charge is -2.04. The molecule has 8 heteroatoms. The van der Waals surface area contributed by atoms with Gasteiger partial charge in [-0.05, 0) is 31.0 Å². The minimum atomic E-state index is -0.274. The van der Waals surface area contributed by atoms with Crippen molar-refractivity contribution >= 4 is 11.0 Å². The number of halogens is 1. The van der Waals surface area contributed by atoms with Crippen LogP contribution in [-0.4, -0.2) is 29.9 Å². The molecular weight excluding hydrogens is 395 g/mol. The third-order valence-electron chi connectivity index (χ3n) is 5.51. The largest absolute Gasteiger partial charge is 0.360 e. The smallest absolute Gasteiger partial charge is 0.180 e. The third kappa shape index (κ3) is 3.16. The first kappa shape index (κ1) is 17.9. The molecule has 4 aromatic heterocycles. The second-order valence-electron chi connectivity index (χ2n) is 7.65. The average molecular weight is 412 g/mol. The first-order valence-electron chi connectivity index (χ1n) is 10.1. The van der Waals surface area contributed by atoms with Gasteiger partial charge in [0.15, 0.2) is 11.5 Å². The van der Waals surface area contributed by atoms with E-state index in [4.69, 9.17) is 4.52 Å². The molecule has 0 N–H and O–H groups in total. The summed E-state index contributed by atoms with van der Waals surface area (Å²) in [5.41, 5.74) is 3.61. The van der Waals surface area contributed by atoms with Crippen LogP contribution in [0.1, 0.15) is 30.1 Å². The lowest BCUT2D eigenvalue weighted by Crippen LogP contribution is -2.04. The summed E-state index contributed by atoms with van der Waals surface area (Å²) in [4.78, 5) is 13.6. The molecular formula is C23H17FN6O. The van der Waals surface area contributed by atoms with Crippen molar-refractivity contribution in [2.24, 2.45) is 0 Å². The summed E-state index contributed by atoms with van der Waals surface area (Å²) < 4.78 is 21.3. The molecule has 0 bridgehead atoms. The van der Waals surface area contributed by atoms with Crippen LogP contribution >= 0.6 is 0 Å². The number of benzene rings is 1. The molecule has 0 amide bonds. The van der Waals surface area contributed by atoms with E-state index in [0.29, 0.717) is 28.6 Å². The number of pyridine rings is 1. The highest BCUT2D eigenvalue weighted by molar-refractivity contribution is 5.89. The molecule has 0 saturated heterocycles. The van der Waals surface area contributed by atoms with Crippen molar-refractivity contribution in [1.29, 1.82) is 0 Å². The van der Waals surface area contributed by atoms with Gasteiger partial charge in [-0.3, -0.25) is 0 Å². The molecule has 0 aliphatic heterocycles. The Hall–Kier alpha value is -3.94. The fraction of sp³-hybridized carbons (Fsp3) is 0.174. The Balaban J connectivity index is 1.39. The van der Waals surface area contributed by atoms with Crippen LogP contribution in [0.15, 0.2) is 65.7 Å². The van der Waals surface area contributed by atoms with Gasteiger partial charge in [0.25, 0.3) is 0 Å². The van der Waals surface area contributed by atoms with E-state index in [9.17, 15) is 4.39 Å². The molecule has 0 atom stereocenters. The molecule has 1 aliphatic carbocycles. The summed E-state index contributed by atoms with van der Waals surface area (Å²) in [5, 5.41) is 9.44. The molecule has 152 valence electrons. The average Bonchev–Trinajstić information content (AvgIpc) is 3.42. The van der Waals surface area contributed by atoms with E-state index in [1.54, 1.807) is 47.7 Å². The van der Waals surface area contributed by atoms with E-state index >= 15 is 0 Å². The maximum absolute atomic E-state index is 14.2. The standard InChI is InChI=1S/C23H17FN6O/c24-19-6-2-1-4-15(19)13-30-23-17(5-3-9-25-23)20(29-30)22-26-10-16(11-27-22)18-12-28-31-21(18)14-7-8-14/h1-6,9-12,14H,7-8,13H2. The van der Waals surface area contributed by atoms with Crippen LogP contribution in [0.5, 0.6) is 0 Å². The van der Waals surface area contributed by atoms with Gasteiger partial charge in [0, 0.05) is 41.2 Å². The van der Waals surface area contributed by atoms with Crippen molar-refractivity contribution in [3.63, 3.8) is 0 Å². The molecule has 4 heterocycles. The molecule has 1 fully saturated rings. The molecule has 7 nitrogen and oxygen atoms in total. The SMILES string of the molecule is Fc1ccccc1Cn1nc(-c2ncc(-c3cnoc3C3CC3)cn2)c2cccnc21. The predicted molar refractivity (Wildman–Crippen MR) is 112 cm³/mol. The summed E-state index contributed by atoms with van der Waals surface area (Å²) >= 11 is 0. The van der Waals surface area contributed by atoms with Gasteiger partial charge >= 0.3 is 0 Å². The van der Waals surface area contributed by atoms with Crippen LogP contribution < -0.4 is 0 Å². The second kappa shape index (κ2) is 7.09. The van der Waals surface area contributed by atoms with Crippen molar-refractivity contribution in [3.8, 4) is 22.6 Å². The minimum absolute atomic E-state index is 0.268. The zero-order chi connectivity index (χ0) is 20.8. The van der Waals surface area contributed by atoms with Gasteiger partial charge in [-0.15, -0.1) is 0 Å². The molecule has 1 saturated carbocycles. The molecule has 5 aromatic rings. The van der Waals surface area contributed by atoms with Crippen molar-refractivity contribution in [2.45, 2.75) is 25.3 Å². The first-order chi connectivity index (χ1) is 15.3. The van der Waals surface area contributed by atoms with E-state index < -0.39 is 0 Å². The van der Waals surface area contributed by atoms with Crippen LogP contribution in [0, 0.1) is 5.82 Å². The minimum Gasteiger partial charge on any atom is -0.360 e.